The molecule has 2 aliphatic carbocycles. The molecule has 11 radical (unpaired) electrons. The largest absolute Gasteiger partial charge is 3.00 e. The molecular weight excluding hydrogens is 679 g/mol. The minimum atomic E-state index is -1.22. The van der Waals surface area contributed by atoms with E-state index in [-0.39, 0.29) is 42.4 Å². The summed E-state index contributed by atoms with van der Waals surface area (Å²) < 4.78 is 0. The Hall–Kier alpha value is -1.33. The van der Waals surface area contributed by atoms with Crippen LogP contribution in [0, 0.1) is 70.3 Å². The Kier molecular flexibility index (Phi) is 16.8. The zero-order chi connectivity index (χ0) is 34.9. The molecule has 3 aromatic rings. The molecule has 1 nitrogen and oxygen atoms in total. The first-order chi connectivity index (χ1) is 21.9. The third-order valence-corrected chi connectivity index (χ3v) is 10.6. The fraction of sp³-hybridized carbons (Fsp3) is 0.333. The maximum atomic E-state index is 12.0. The van der Waals surface area contributed by atoms with Crippen molar-refractivity contribution >= 4 is 18.5 Å². The molecule has 249 valence electrons. The zero-order valence-electron chi connectivity index (χ0n) is 31.1. The molecule has 2 saturated carbocycles. The average Bonchev–Trinajstić information content (AvgIpc) is 3.76. The van der Waals surface area contributed by atoms with Crippen LogP contribution in [0.5, 0.6) is 0 Å². The normalized spacial score (nSPS) is 16.2. The van der Waals surface area contributed by atoms with E-state index in [9.17, 15) is 5.11 Å². The molecule has 0 aliphatic heterocycles. The van der Waals surface area contributed by atoms with Crippen molar-refractivity contribution in [3.63, 3.8) is 0 Å². The molecule has 1 unspecified atom stereocenters. The van der Waals surface area contributed by atoms with Crippen LogP contribution in [0.4, 0.5) is 0 Å². The quantitative estimate of drug-likeness (QED) is 0.157. The van der Waals surface area contributed by atoms with Crippen molar-refractivity contribution in [3.05, 3.63) is 171 Å². The van der Waals surface area contributed by atoms with Gasteiger partial charge in [-0.25, -0.2) is 0 Å². The third-order valence-electron chi connectivity index (χ3n) is 7.78. The fourth-order valence-electron chi connectivity index (χ4n) is 5.26. The SMILES string of the molecule is CC(C)(C)c1cc(C(C)(C)C)c(P(C(=[C-]c2ccccc2)c2ccccc2)C(C)(C)O)c(C(C)(C)C)c1.[CH]1[CH][CH][CH][CH]1.[CH]1[CH][CH][CH][CH]1.[Zr+3]. The van der Waals surface area contributed by atoms with Gasteiger partial charge in [0.25, 0.3) is 0 Å². The van der Waals surface area contributed by atoms with Gasteiger partial charge in [-0.05, 0) is 124 Å². The monoisotopic (exact) mass is 733 g/mol. The van der Waals surface area contributed by atoms with Crippen LogP contribution < -0.4 is 5.30 Å². The molecule has 0 aromatic heterocycles. The molecule has 2 aliphatic rings. The number of hydrogen-bond acceptors (Lipinski definition) is 1. The molecule has 0 saturated heterocycles. The van der Waals surface area contributed by atoms with E-state index in [0.29, 0.717) is 0 Å². The van der Waals surface area contributed by atoms with E-state index in [1.807, 2.05) is 84.1 Å². The van der Waals surface area contributed by atoms with Gasteiger partial charge in [-0.2, -0.15) is 0 Å². The van der Waals surface area contributed by atoms with E-state index in [1.54, 1.807) is 0 Å². The van der Waals surface area contributed by atoms with Crippen molar-refractivity contribution in [2.75, 3.05) is 0 Å². The van der Waals surface area contributed by atoms with E-state index in [1.165, 1.54) is 22.0 Å². The topological polar surface area (TPSA) is 20.2 Å². The minimum absolute atomic E-state index is 0. The summed E-state index contributed by atoms with van der Waals surface area (Å²) in [6, 6.07) is 25.7. The molecular formula is C45H56OPZr+2. The van der Waals surface area contributed by atoms with E-state index in [4.69, 9.17) is 0 Å². The Morgan fingerprint density at radius 3 is 1.19 bits per heavy atom. The summed E-state index contributed by atoms with van der Waals surface area (Å²) in [5, 5.41) is 13.4. The second-order valence-corrected chi connectivity index (χ2v) is 18.3. The number of aliphatic hydroxyl groups is 1. The Morgan fingerprint density at radius 1 is 0.521 bits per heavy atom. The second kappa shape index (κ2) is 18.8. The predicted octanol–water partition coefficient (Wildman–Crippen LogP) is 11.3. The average molecular weight is 735 g/mol. The molecule has 0 bridgehead atoms. The van der Waals surface area contributed by atoms with Crippen molar-refractivity contribution in [3.8, 4) is 0 Å². The van der Waals surface area contributed by atoms with Crippen molar-refractivity contribution in [2.45, 2.75) is 97.7 Å². The molecule has 0 heterocycles. The van der Waals surface area contributed by atoms with Gasteiger partial charge in [0.15, 0.2) is 0 Å². The summed E-state index contributed by atoms with van der Waals surface area (Å²) in [6.45, 7) is 24.6. The fourth-order valence-corrected chi connectivity index (χ4v) is 8.51. The smallest absolute Gasteiger partial charge is 0.385 e. The van der Waals surface area contributed by atoms with Gasteiger partial charge in [0, 0.05) is 0 Å². The van der Waals surface area contributed by atoms with E-state index < -0.39 is 13.3 Å². The second-order valence-electron chi connectivity index (χ2n) is 15.6. The van der Waals surface area contributed by atoms with Crippen LogP contribution >= 0.6 is 7.92 Å². The molecule has 2 fully saturated rings. The standard InChI is InChI=1S/C35H46OP.2C5H5.Zr/c1-32(2,3)27-23-28(33(4,5)6)31(29(24-27)34(7,8)9)37(35(10,11)36)30(26-20-16-13-17-21-26)22-25-18-14-12-15-19-25;2*1-2-4-5-3-1;/h12-21,23-24,36H,1-11H3;2*1-5H;/q-1;;;+3. The van der Waals surface area contributed by atoms with Crippen LogP contribution in [-0.2, 0) is 42.4 Å². The molecule has 5 rings (SSSR count). The van der Waals surface area contributed by atoms with Gasteiger partial charge in [-0.15, -0.1) is 35.9 Å². The van der Waals surface area contributed by atoms with Crippen LogP contribution in [0.3, 0.4) is 0 Å². The van der Waals surface area contributed by atoms with Crippen molar-refractivity contribution in [1.82, 2.24) is 0 Å². The summed E-state index contributed by atoms with van der Waals surface area (Å²) in [5.74, 6) is 0. The van der Waals surface area contributed by atoms with Gasteiger partial charge in [0.2, 0.25) is 0 Å². The molecule has 3 aromatic carbocycles. The third kappa shape index (κ3) is 13.1. The maximum Gasteiger partial charge on any atom is 3.00 e. The van der Waals surface area contributed by atoms with Gasteiger partial charge in [0.05, 0.1) is 5.34 Å². The van der Waals surface area contributed by atoms with Gasteiger partial charge >= 0.3 is 26.2 Å². The zero-order valence-corrected chi connectivity index (χ0v) is 34.4. The molecule has 48 heavy (non-hydrogen) atoms. The van der Waals surface area contributed by atoms with Crippen LogP contribution in [0.2, 0.25) is 0 Å². The maximum absolute atomic E-state index is 12.0. The van der Waals surface area contributed by atoms with Crippen molar-refractivity contribution < 1.29 is 31.3 Å². The number of benzene rings is 3. The van der Waals surface area contributed by atoms with Gasteiger partial charge in [0.1, 0.15) is 0 Å². The summed E-state index contributed by atoms with van der Waals surface area (Å²) in [7, 11) is -1.22. The Labute approximate surface area is 316 Å². The van der Waals surface area contributed by atoms with E-state index in [2.05, 4.69) is 135 Å². The summed E-state index contributed by atoms with van der Waals surface area (Å²) >= 11 is 0. The molecule has 3 heteroatoms. The van der Waals surface area contributed by atoms with Crippen molar-refractivity contribution in [1.29, 1.82) is 0 Å². The summed E-state index contributed by atoms with van der Waals surface area (Å²) in [5.41, 5.74) is 5.94. The number of rotatable bonds is 5. The Balaban J connectivity index is 0.000000617. The summed E-state index contributed by atoms with van der Waals surface area (Å²) in [6.07, 6.45) is 23.8. The van der Waals surface area contributed by atoms with Crippen LogP contribution in [0.25, 0.3) is 5.31 Å². The minimum Gasteiger partial charge on any atom is -0.385 e. The van der Waals surface area contributed by atoms with Crippen LogP contribution in [-0.4, -0.2) is 10.4 Å². The molecule has 1 atom stereocenters. The van der Waals surface area contributed by atoms with Gasteiger partial charge < -0.3 is 5.11 Å². The Bertz CT molecular complexity index is 1330. The number of hydrogen-bond donors (Lipinski definition) is 1. The van der Waals surface area contributed by atoms with E-state index in [0.717, 1.165) is 16.4 Å². The summed E-state index contributed by atoms with van der Waals surface area (Å²) in [4.78, 5) is 0. The van der Waals surface area contributed by atoms with E-state index >= 15 is 0 Å². The predicted molar refractivity (Wildman–Crippen MR) is 207 cm³/mol. The molecule has 1 N–H and O–H groups in total. The van der Waals surface area contributed by atoms with Crippen LogP contribution in [0.15, 0.2) is 72.8 Å². The van der Waals surface area contributed by atoms with Crippen molar-refractivity contribution in [2.24, 2.45) is 0 Å². The van der Waals surface area contributed by atoms with Crippen LogP contribution in [0.1, 0.15) is 104 Å². The van der Waals surface area contributed by atoms with Gasteiger partial charge in [-0.1, -0.05) is 122 Å². The molecule has 0 spiro atoms. The first-order valence-electron chi connectivity index (χ1n) is 16.7. The first kappa shape index (κ1) is 42.8. The Morgan fingerprint density at radius 2 is 0.875 bits per heavy atom. The molecule has 0 amide bonds. The van der Waals surface area contributed by atoms with Gasteiger partial charge in [-0.3, -0.25) is 0 Å². The first-order valence-corrected chi connectivity index (χ1v) is 18.0.